The van der Waals surface area contributed by atoms with Gasteiger partial charge in [-0.15, -0.1) is 0 Å². The second kappa shape index (κ2) is 6.18. The standard InChI is InChI=1S/C18H13FN2O/c19-17-12-14(10-11-20-17)18(22)21-16-9-5-4-8-15(16)13-6-2-1-3-7-13/h1-12H,(H,21,22). The Morgan fingerprint density at radius 2 is 1.68 bits per heavy atom. The van der Waals surface area contributed by atoms with Gasteiger partial charge in [0, 0.05) is 29.1 Å². The third-order valence-corrected chi connectivity index (χ3v) is 3.25. The van der Waals surface area contributed by atoms with Crippen molar-refractivity contribution in [3.63, 3.8) is 0 Å². The lowest BCUT2D eigenvalue weighted by atomic mass is 10.0. The van der Waals surface area contributed by atoms with Gasteiger partial charge in [-0.1, -0.05) is 48.5 Å². The summed E-state index contributed by atoms with van der Waals surface area (Å²) in [6.07, 6.45) is 1.27. The molecule has 0 saturated carbocycles. The van der Waals surface area contributed by atoms with E-state index in [1.165, 1.54) is 12.3 Å². The molecule has 0 spiro atoms. The van der Waals surface area contributed by atoms with Crippen LogP contribution in [-0.4, -0.2) is 10.9 Å². The molecule has 22 heavy (non-hydrogen) atoms. The minimum absolute atomic E-state index is 0.232. The summed E-state index contributed by atoms with van der Waals surface area (Å²) in [6.45, 7) is 0. The molecule has 0 saturated heterocycles. The van der Waals surface area contributed by atoms with Gasteiger partial charge in [0.25, 0.3) is 5.91 Å². The summed E-state index contributed by atoms with van der Waals surface area (Å²) in [4.78, 5) is 15.7. The highest BCUT2D eigenvalue weighted by molar-refractivity contribution is 6.06. The molecule has 0 bridgehead atoms. The zero-order valence-electron chi connectivity index (χ0n) is 11.7. The number of amides is 1. The van der Waals surface area contributed by atoms with Crippen molar-refractivity contribution < 1.29 is 9.18 Å². The molecule has 0 fully saturated rings. The van der Waals surface area contributed by atoms with Crippen LogP contribution in [0.15, 0.2) is 72.9 Å². The third kappa shape index (κ3) is 3.01. The first kappa shape index (κ1) is 13.9. The molecule has 108 valence electrons. The number of nitrogens with one attached hydrogen (secondary N) is 1. The van der Waals surface area contributed by atoms with Gasteiger partial charge in [-0.25, -0.2) is 4.98 Å². The van der Waals surface area contributed by atoms with Crippen LogP contribution in [0.4, 0.5) is 10.1 Å². The predicted octanol–water partition coefficient (Wildman–Crippen LogP) is 4.14. The molecular weight excluding hydrogens is 279 g/mol. The van der Waals surface area contributed by atoms with Crippen LogP contribution < -0.4 is 5.32 Å². The Labute approximate surface area is 127 Å². The summed E-state index contributed by atoms with van der Waals surface area (Å²) in [5.41, 5.74) is 2.82. The normalized spacial score (nSPS) is 10.2. The van der Waals surface area contributed by atoms with E-state index in [1.807, 2.05) is 54.6 Å². The topological polar surface area (TPSA) is 42.0 Å². The molecule has 0 aliphatic rings. The fourth-order valence-corrected chi connectivity index (χ4v) is 2.20. The number of hydrogen-bond acceptors (Lipinski definition) is 2. The predicted molar refractivity (Wildman–Crippen MR) is 84.0 cm³/mol. The van der Waals surface area contributed by atoms with Crippen molar-refractivity contribution >= 4 is 11.6 Å². The molecule has 3 nitrogen and oxygen atoms in total. The molecular formula is C18H13FN2O. The quantitative estimate of drug-likeness (QED) is 0.737. The van der Waals surface area contributed by atoms with Crippen LogP contribution in [0.25, 0.3) is 11.1 Å². The summed E-state index contributed by atoms with van der Waals surface area (Å²) < 4.78 is 13.1. The highest BCUT2D eigenvalue weighted by Gasteiger charge is 2.10. The van der Waals surface area contributed by atoms with Gasteiger partial charge in [0.2, 0.25) is 5.95 Å². The Hall–Kier alpha value is -3.01. The number of benzene rings is 2. The van der Waals surface area contributed by atoms with E-state index in [0.717, 1.165) is 17.2 Å². The van der Waals surface area contributed by atoms with Crippen LogP contribution in [0.3, 0.4) is 0 Å². The van der Waals surface area contributed by atoms with E-state index in [1.54, 1.807) is 0 Å². The monoisotopic (exact) mass is 292 g/mol. The molecule has 1 heterocycles. The maximum atomic E-state index is 13.1. The van der Waals surface area contributed by atoms with Crippen molar-refractivity contribution in [3.05, 3.63) is 84.4 Å². The van der Waals surface area contributed by atoms with Crippen LogP contribution in [0, 0.1) is 5.95 Å². The number of carbonyl (C=O) groups excluding carboxylic acids is 1. The van der Waals surface area contributed by atoms with Gasteiger partial charge in [-0.2, -0.15) is 4.39 Å². The van der Waals surface area contributed by atoms with E-state index in [9.17, 15) is 9.18 Å². The SMILES string of the molecule is O=C(Nc1ccccc1-c1ccccc1)c1ccnc(F)c1. The first-order chi connectivity index (χ1) is 10.7. The van der Waals surface area contributed by atoms with Crippen LogP contribution in [0.5, 0.6) is 0 Å². The summed E-state index contributed by atoms with van der Waals surface area (Å²) in [5.74, 6) is -1.05. The molecule has 0 atom stereocenters. The first-order valence-electron chi connectivity index (χ1n) is 6.81. The molecule has 3 rings (SSSR count). The van der Waals surface area contributed by atoms with Gasteiger partial charge >= 0.3 is 0 Å². The van der Waals surface area contributed by atoms with Crippen LogP contribution in [0.1, 0.15) is 10.4 Å². The Morgan fingerprint density at radius 1 is 0.955 bits per heavy atom. The van der Waals surface area contributed by atoms with Crippen LogP contribution in [0.2, 0.25) is 0 Å². The van der Waals surface area contributed by atoms with E-state index in [2.05, 4.69) is 10.3 Å². The van der Waals surface area contributed by atoms with E-state index in [-0.39, 0.29) is 11.5 Å². The number of para-hydroxylation sites is 1. The lowest BCUT2D eigenvalue weighted by Gasteiger charge is -2.11. The molecule has 1 amide bonds. The van der Waals surface area contributed by atoms with Crippen molar-refractivity contribution in [1.29, 1.82) is 0 Å². The zero-order chi connectivity index (χ0) is 15.4. The highest BCUT2D eigenvalue weighted by atomic mass is 19.1. The van der Waals surface area contributed by atoms with E-state index in [0.29, 0.717) is 5.69 Å². The molecule has 1 N–H and O–H groups in total. The Balaban J connectivity index is 1.92. The fourth-order valence-electron chi connectivity index (χ4n) is 2.20. The molecule has 0 radical (unpaired) electrons. The molecule has 4 heteroatoms. The van der Waals surface area contributed by atoms with Crippen molar-refractivity contribution in [2.45, 2.75) is 0 Å². The van der Waals surface area contributed by atoms with Crippen molar-refractivity contribution in [2.75, 3.05) is 5.32 Å². The zero-order valence-corrected chi connectivity index (χ0v) is 11.7. The van der Waals surface area contributed by atoms with Gasteiger partial charge < -0.3 is 5.32 Å². The van der Waals surface area contributed by atoms with Gasteiger partial charge in [0.15, 0.2) is 0 Å². The van der Waals surface area contributed by atoms with Crippen LogP contribution in [-0.2, 0) is 0 Å². The highest BCUT2D eigenvalue weighted by Crippen LogP contribution is 2.27. The van der Waals surface area contributed by atoms with Crippen LogP contribution >= 0.6 is 0 Å². The maximum absolute atomic E-state index is 13.1. The molecule has 1 aromatic heterocycles. The Bertz CT molecular complexity index is 803. The van der Waals surface area contributed by atoms with E-state index in [4.69, 9.17) is 0 Å². The van der Waals surface area contributed by atoms with E-state index < -0.39 is 5.95 Å². The molecule has 0 unspecified atom stereocenters. The van der Waals surface area contributed by atoms with Gasteiger partial charge in [-0.05, 0) is 17.7 Å². The smallest absolute Gasteiger partial charge is 0.255 e. The van der Waals surface area contributed by atoms with Gasteiger partial charge in [-0.3, -0.25) is 4.79 Å². The largest absolute Gasteiger partial charge is 0.321 e. The number of pyridine rings is 1. The summed E-state index contributed by atoms with van der Waals surface area (Å²) in [6, 6.07) is 19.8. The summed E-state index contributed by atoms with van der Waals surface area (Å²) in [5, 5.41) is 2.82. The number of anilines is 1. The number of halogens is 1. The average molecular weight is 292 g/mol. The lowest BCUT2D eigenvalue weighted by molar-refractivity contribution is 0.102. The van der Waals surface area contributed by atoms with Crippen molar-refractivity contribution in [3.8, 4) is 11.1 Å². The minimum Gasteiger partial charge on any atom is -0.321 e. The average Bonchev–Trinajstić information content (AvgIpc) is 2.56. The molecule has 0 aliphatic heterocycles. The number of hydrogen-bond donors (Lipinski definition) is 1. The minimum atomic E-state index is -0.677. The Morgan fingerprint density at radius 3 is 2.45 bits per heavy atom. The summed E-state index contributed by atoms with van der Waals surface area (Å²) in [7, 11) is 0. The maximum Gasteiger partial charge on any atom is 0.255 e. The summed E-state index contributed by atoms with van der Waals surface area (Å²) >= 11 is 0. The number of aromatic nitrogens is 1. The first-order valence-corrected chi connectivity index (χ1v) is 6.81. The van der Waals surface area contributed by atoms with Gasteiger partial charge in [0.1, 0.15) is 0 Å². The Kier molecular flexibility index (Phi) is 3.92. The van der Waals surface area contributed by atoms with E-state index >= 15 is 0 Å². The third-order valence-electron chi connectivity index (χ3n) is 3.25. The molecule has 2 aromatic carbocycles. The second-order valence-corrected chi connectivity index (χ2v) is 4.73. The van der Waals surface area contributed by atoms with Gasteiger partial charge in [0.05, 0.1) is 0 Å². The fraction of sp³-hybridized carbons (Fsp3) is 0. The lowest BCUT2D eigenvalue weighted by Crippen LogP contribution is -2.13. The van der Waals surface area contributed by atoms with Crippen molar-refractivity contribution in [1.82, 2.24) is 4.98 Å². The second-order valence-electron chi connectivity index (χ2n) is 4.73. The number of nitrogens with zero attached hydrogens (tertiary/aromatic N) is 1. The number of carbonyl (C=O) groups is 1. The number of rotatable bonds is 3. The van der Waals surface area contributed by atoms with Crippen molar-refractivity contribution in [2.24, 2.45) is 0 Å². The molecule has 3 aromatic rings. The molecule has 0 aliphatic carbocycles.